The molecule has 2 aliphatic heterocycles. The zero-order valence-electron chi connectivity index (χ0n) is 36.3. The molecule has 0 saturated carbocycles. The molecule has 1 amide bonds. The Bertz CT molecular complexity index is 2590. The lowest BCUT2D eigenvalue weighted by atomic mass is 10.00. The number of hydrogen-bond donors (Lipinski definition) is 2. The van der Waals surface area contributed by atoms with Crippen LogP contribution in [0.5, 0.6) is 0 Å². The Morgan fingerprint density at radius 3 is 1.65 bits per heavy atom. The van der Waals surface area contributed by atoms with Crippen molar-refractivity contribution in [3.05, 3.63) is 119 Å². The van der Waals surface area contributed by atoms with Crippen LogP contribution >= 0.6 is 0 Å². The summed E-state index contributed by atoms with van der Waals surface area (Å²) in [5.74, 6) is -2.11. The maximum Gasteiger partial charge on any atom is 0.435 e. The number of rotatable bonds is 8. The molecule has 13 nitrogen and oxygen atoms in total. The summed E-state index contributed by atoms with van der Waals surface area (Å²) < 4.78 is 108. The molecular weight excluding hydrogens is 869 g/mol. The van der Waals surface area contributed by atoms with Crippen molar-refractivity contribution in [2.24, 2.45) is 0 Å². The Morgan fingerprint density at radius 1 is 0.723 bits per heavy atom. The second-order valence-corrected chi connectivity index (χ2v) is 15.9. The van der Waals surface area contributed by atoms with Crippen LogP contribution in [0.25, 0.3) is 11.4 Å². The number of carbonyl (C=O) groups is 2. The molecule has 6 aromatic rings. The lowest BCUT2D eigenvalue weighted by molar-refractivity contribution is -0.144. The normalized spacial score (nSPS) is 16.8. The highest BCUT2D eigenvalue weighted by Gasteiger charge is 2.39. The van der Waals surface area contributed by atoms with Gasteiger partial charge in [-0.2, -0.15) is 46.7 Å². The van der Waals surface area contributed by atoms with Gasteiger partial charge in [-0.05, 0) is 127 Å². The van der Waals surface area contributed by atoms with E-state index in [9.17, 15) is 44.7 Å². The number of aryl methyl sites for hydroxylation is 2. The molecule has 0 fully saturated rings. The average Bonchev–Trinajstić information content (AvgIpc) is 4.05. The molecule has 348 valence electrons. The van der Waals surface area contributed by atoms with Gasteiger partial charge in [0, 0.05) is 23.5 Å². The molecule has 6 heterocycles. The Hall–Kier alpha value is -6.54. The van der Waals surface area contributed by atoms with Gasteiger partial charge in [0.15, 0.2) is 11.4 Å². The van der Waals surface area contributed by atoms with Crippen LogP contribution in [0.2, 0.25) is 0 Å². The summed E-state index contributed by atoms with van der Waals surface area (Å²) in [4.78, 5) is 26.0. The van der Waals surface area contributed by atoms with E-state index in [0.29, 0.717) is 30.3 Å². The van der Waals surface area contributed by atoms with Gasteiger partial charge in [-0.15, -0.1) is 0 Å². The van der Waals surface area contributed by atoms with Crippen molar-refractivity contribution >= 4 is 23.3 Å². The zero-order valence-corrected chi connectivity index (χ0v) is 36.3. The van der Waals surface area contributed by atoms with Crippen LogP contribution in [0, 0.1) is 25.5 Å². The molecule has 21 heteroatoms. The predicted molar refractivity (Wildman–Crippen MR) is 224 cm³/mol. The summed E-state index contributed by atoms with van der Waals surface area (Å²) >= 11 is 0. The number of anilines is 2. The summed E-state index contributed by atoms with van der Waals surface area (Å²) in [6.45, 7) is 10.3. The summed E-state index contributed by atoms with van der Waals surface area (Å²) in [6.07, 6.45) is -1.84. The van der Waals surface area contributed by atoms with E-state index in [4.69, 9.17) is 5.11 Å². The quantitative estimate of drug-likeness (QED) is 0.144. The third-order valence-electron chi connectivity index (χ3n) is 11.2. The highest BCUT2D eigenvalue weighted by Crippen LogP contribution is 2.36. The maximum atomic E-state index is 13.6. The molecule has 8 rings (SSSR count). The van der Waals surface area contributed by atoms with E-state index in [-0.39, 0.29) is 47.8 Å². The first kappa shape index (κ1) is 47.9. The summed E-state index contributed by atoms with van der Waals surface area (Å²) in [5, 5.41) is 28.0. The van der Waals surface area contributed by atoms with Gasteiger partial charge in [0.1, 0.15) is 23.7 Å². The van der Waals surface area contributed by atoms with Crippen molar-refractivity contribution in [1.29, 1.82) is 0 Å². The molecule has 65 heavy (non-hydrogen) atoms. The highest BCUT2D eigenvalue weighted by molar-refractivity contribution is 5.97. The Labute approximate surface area is 368 Å². The van der Waals surface area contributed by atoms with Gasteiger partial charge in [-0.25, -0.2) is 22.9 Å². The second-order valence-electron chi connectivity index (χ2n) is 15.9. The number of amides is 1. The van der Waals surface area contributed by atoms with Crippen molar-refractivity contribution in [3.63, 3.8) is 0 Å². The minimum Gasteiger partial charge on any atom is -0.480 e. The minimum absolute atomic E-state index is 0.159. The van der Waals surface area contributed by atoms with Gasteiger partial charge in [-0.3, -0.25) is 14.2 Å². The fourth-order valence-electron chi connectivity index (χ4n) is 7.83. The third-order valence-corrected chi connectivity index (χ3v) is 11.2. The molecule has 0 radical (unpaired) electrons. The first-order chi connectivity index (χ1) is 30.6. The molecule has 0 bridgehead atoms. The number of alkyl halides is 6. The van der Waals surface area contributed by atoms with Crippen LogP contribution < -0.4 is 10.2 Å². The molecule has 2 aliphatic rings. The van der Waals surface area contributed by atoms with E-state index in [1.54, 1.807) is 53.9 Å². The first-order valence-corrected chi connectivity index (χ1v) is 20.9. The molecule has 4 aromatic heterocycles. The monoisotopic (exact) mass is 916 g/mol. The Kier molecular flexibility index (Phi) is 14.2. The topological polar surface area (TPSA) is 141 Å². The van der Waals surface area contributed by atoms with Crippen LogP contribution in [0.3, 0.4) is 0 Å². The van der Waals surface area contributed by atoms with Gasteiger partial charge in [0.25, 0.3) is 5.91 Å². The van der Waals surface area contributed by atoms with Crippen molar-refractivity contribution in [3.8, 4) is 11.4 Å². The van der Waals surface area contributed by atoms with Gasteiger partial charge < -0.3 is 15.3 Å². The van der Waals surface area contributed by atoms with E-state index in [1.165, 1.54) is 43.8 Å². The van der Waals surface area contributed by atoms with E-state index < -0.39 is 41.8 Å². The predicted octanol–water partition coefficient (Wildman–Crippen LogP) is 9.86. The summed E-state index contributed by atoms with van der Waals surface area (Å²) in [7, 11) is 0. The van der Waals surface area contributed by atoms with Crippen LogP contribution in [0.1, 0.15) is 99.6 Å². The third kappa shape index (κ3) is 10.5. The van der Waals surface area contributed by atoms with Crippen LogP contribution in [0.4, 0.5) is 46.5 Å². The van der Waals surface area contributed by atoms with Gasteiger partial charge in [0.05, 0.1) is 46.5 Å². The lowest BCUT2D eigenvalue weighted by Gasteiger charge is -2.36. The van der Waals surface area contributed by atoms with Crippen LogP contribution in [-0.2, 0) is 34.8 Å². The molecule has 4 atom stereocenters. The molecule has 2 aromatic carbocycles. The number of fused-ring (bicyclic) bond motifs is 2. The number of benzene rings is 2. The van der Waals surface area contributed by atoms with Crippen molar-refractivity contribution < 1.29 is 49.8 Å². The number of hydrogen-bond acceptors (Lipinski definition) is 7. The highest BCUT2D eigenvalue weighted by atomic mass is 19.4. The number of nitrogens with zero attached hydrogens (tertiary/aromatic N) is 9. The van der Waals surface area contributed by atoms with Crippen LogP contribution in [0.15, 0.2) is 73.1 Å². The van der Waals surface area contributed by atoms with E-state index in [2.05, 4.69) is 32.6 Å². The lowest BCUT2D eigenvalue weighted by Crippen LogP contribution is -2.46. The average molecular weight is 917 g/mol. The number of carbonyl (C=O) groups excluding carboxylic acids is 1. The number of aromatic nitrogens is 8. The maximum absolute atomic E-state index is 13.6. The SMILES string of the molecule is CC1CCc2c(cnn2-c2ccc(F)cc2)N1.CCC(C(=O)N1c2cnn(-c3ccc(F)cc3)c2CCC1C)n1nc(C(F)(F)F)cc1C.CCC(C(=O)O)n1nc(C(F)(F)F)cc1C. The Balaban J connectivity index is 0.000000178. The number of aliphatic carboxylic acids is 1. The standard InChI is InChI=1S/C22H23F4N5O.C13H14FN3.C9H11F3N2O2/c1-4-17(30-14(3)11-20(28-30)22(24,25)26)21(32)29-13(2)5-10-18-19(29)12-27-31(18)16-8-6-15(23)7-9-16;1-9-2-7-13-12(16-9)8-15-17(13)11-5-3-10(14)4-6-11;1-3-6(8(15)16)14-5(2)4-7(13-14)9(10,11)12/h6-9,11-13,17H,4-5,10H2,1-3H3;3-6,8-9,16H,2,7H2,1H3;4,6H,3H2,1-2H3,(H,15,16). The van der Waals surface area contributed by atoms with Crippen molar-refractivity contribution in [1.82, 2.24) is 39.1 Å². The van der Waals surface area contributed by atoms with E-state index >= 15 is 0 Å². The zero-order chi connectivity index (χ0) is 47.5. The number of nitrogens with one attached hydrogen (secondary N) is 1. The smallest absolute Gasteiger partial charge is 0.435 e. The number of halogens is 8. The largest absolute Gasteiger partial charge is 0.480 e. The molecule has 4 unspecified atom stereocenters. The molecule has 0 aliphatic carbocycles. The fraction of sp³-hybridized carbons (Fsp3) is 0.409. The van der Waals surface area contributed by atoms with Gasteiger partial charge in [-0.1, -0.05) is 13.8 Å². The molecular formula is C44H48F8N10O3. The molecule has 0 saturated heterocycles. The number of carboxylic acid groups (broad SMARTS) is 1. The fourth-order valence-corrected chi connectivity index (χ4v) is 7.83. The second kappa shape index (κ2) is 19.3. The Morgan fingerprint density at radius 2 is 1.18 bits per heavy atom. The minimum atomic E-state index is -4.58. The van der Waals surface area contributed by atoms with Crippen LogP contribution in [-0.4, -0.2) is 68.2 Å². The van der Waals surface area contributed by atoms with E-state index in [0.717, 1.165) is 51.4 Å². The van der Waals surface area contributed by atoms with Crippen molar-refractivity contribution in [2.45, 2.75) is 117 Å². The molecule has 2 N–H and O–H groups in total. The van der Waals surface area contributed by atoms with Crippen molar-refractivity contribution in [2.75, 3.05) is 10.2 Å². The van der Waals surface area contributed by atoms with Gasteiger partial charge >= 0.3 is 18.3 Å². The summed E-state index contributed by atoms with van der Waals surface area (Å²) in [6, 6.07) is 12.5. The number of carboxylic acids is 1. The van der Waals surface area contributed by atoms with E-state index in [1.807, 2.05) is 17.8 Å². The summed E-state index contributed by atoms with van der Waals surface area (Å²) in [5.41, 5.74) is 3.61. The first-order valence-electron chi connectivity index (χ1n) is 20.9. The van der Waals surface area contributed by atoms with Gasteiger partial charge in [0.2, 0.25) is 0 Å². The molecule has 0 spiro atoms.